The highest BCUT2D eigenvalue weighted by Crippen LogP contribution is 2.28. The summed E-state index contributed by atoms with van der Waals surface area (Å²) in [5.41, 5.74) is -1.04. The van der Waals surface area contributed by atoms with Crippen LogP contribution < -0.4 is 4.90 Å². The van der Waals surface area contributed by atoms with Crippen LogP contribution in [0.25, 0.3) is 0 Å². The summed E-state index contributed by atoms with van der Waals surface area (Å²) >= 11 is 0. The lowest BCUT2D eigenvalue weighted by atomic mass is 10.3. The number of halogens is 3. The molecule has 2 atom stereocenters. The number of rotatable bonds is 1. The molecule has 2 unspecified atom stereocenters. The summed E-state index contributed by atoms with van der Waals surface area (Å²) in [7, 11) is 0. The Morgan fingerprint density at radius 2 is 1.82 bits per heavy atom. The standard InChI is InChI=1S/C9H10F3N3O2/c10-9(11,12)7-1-2-13-8(14-7)15-3-5(16)6(17)4-15/h1-2,5-6,16-17H,3-4H2. The topological polar surface area (TPSA) is 69.5 Å². The zero-order valence-corrected chi connectivity index (χ0v) is 8.59. The molecule has 8 heteroatoms. The van der Waals surface area contributed by atoms with Gasteiger partial charge in [0.05, 0.1) is 12.2 Å². The minimum Gasteiger partial charge on any atom is -0.388 e. The van der Waals surface area contributed by atoms with Gasteiger partial charge in [-0.3, -0.25) is 0 Å². The summed E-state index contributed by atoms with van der Waals surface area (Å²) in [4.78, 5) is 8.37. The lowest BCUT2D eigenvalue weighted by Gasteiger charge is -2.16. The van der Waals surface area contributed by atoms with Gasteiger partial charge >= 0.3 is 6.18 Å². The Bertz CT molecular complexity index is 403. The Kier molecular flexibility index (Phi) is 2.92. The van der Waals surface area contributed by atoms with Crippen LogP contribution in [0.3, 0.4) is 0 Å². The second kappa shape index (κ2) is 4.11. The summed E-state index contributed by atoms with van der Waals surface area (Å²) in [5, 5.41) is 18.6. The maximum atomic E-state index is 12.4. The molecule has 0 aliphatic carbocycles. The summed E-state index contributed by atoms with van der Waals surface area (Å²) < 4.78 is 37.2. The number of nitrogens with zero attached hydrogens (tertiary/aromatic N) is 3. The van der Waals surface area contributed by atoms with Crippen LogP contribution in [-0.4, -0.2) is 45.5 Å². The lowest BCUT2D eigenvalue weighted by Crippen LogP contribution is -2.24. The van der Waals surface area contributed by atoms with E-state index in [1.165, 1.54) is 4.90 Å². The summed E-state index contributed by atoms with van der Waals surface area (Å²) in [6.07, 6.45) is -5.52. The minimum absolute atomic E-state index is 0.0163. The van der Waals surface area contributed by atoms with Crippen LogP contribution in [0.1, 0.15) is 5.69 Å². The van der Waals surface area contributed by atoms with E-state index in [1.54, 1.807) is 0 Å². The SMILES string of the molecule is OC1CN(c2nccc(C(F)(F)F)n2)CC1O. The van der Waals surface area contributed by atoms with E-state index in [9.17, 15) is 23.4 Å². The number of alkyl halides is 3. The molecule has 1 aliphatic heterocycles. The minimum atomic E-state index is -4.53. The second-order valence-corrected chi connectivity index (χ2v) is 3.78. The third-order valence-corrected chi connectivity index (χ3v) is 2.48. The van der Waals surface area contributed by atoms with Gasteiger partial charge in [0.1, 0.15) is 5.69 Å². The normalized spacial score (nSPS) is 25.4. The van der Waals surface area contributed by atoms with Gasteiger partial charge in [0.25, 0.3) is 0 Å². The fourth-order valence-corrected chi connectivity index (χ4v) is 1.59. The zero-order chi connectivity index (χ0) is 12.6. The molecule has 2 rings (SSSR count). The van der Waals surface area contributed by atoms with Gasteiger partial charge in [-0.25, -0.2) is 9.97 Å². The summed E-state index contributed by atoms with van der Waals surface area (Å²) in [5.74, 6) is -0.143. The molecule has 0 saturated carbocycles. The number of anilines is 1. The molecular formula is C9H10F3N3O2. The van der Waals surface area contributed by atoms with Crippen LogP contribution in [0.4, 0.5) is 19.1 Å². The van der Waals surface area contributed by atoms with Crippen molar-refractivity contribution in [2.24, 2.45) is 0 Å². The Balaban J connectivity index is 2.23. The number of β-amino-alcohol motifs (C(OH)–C–C–N with tert-alkyl or cyclic N) is 2. The number of hydrogen-bond donors (Lipinski definition) is 2. The number of aliphatic hydroxyl groups excluding tert-OH is 2. The highest BCUT2D eigenvalue weighted by molar-refractivity contribution is 5.33. The molecule has 17 heavy (non-hydrogen) atoms. The monoisotopic (exact) mass is 249 g/mol. The maximum Gasteiger partial charge on any atom is 0.433 e. The predicted octanol–water partition coefficient (Wildman–Crippen LogP) is 0.0372. The third kappa shape index (κ3) is 2.47. The average molecular weight is 249 g/mol. The molecular weight excluding hydrogens is 239 g/mol. The van der Waals surface area contributed by atoms with Crippen LogP contribution in [0, 0.1) is 0 Å². The second-order valence-electron chi connectivity index (χ2n) is 3.78. The van der Waals surface area contributed by atoms with E-state index in [0.717, 1.165) is 12.3 Å². The zero-order valence-electron chi connectivity index (χ0n) is 8.59. The Morgan fingerprint density at radius 1 is 1.24 bits per heavy atom. The quantitative estimate of drug-likeness (QED) is 0.735. The summed E-state index contributed by atoms with van der Waals surface area (Å²) in [6, 6.07) is 0.770. The lowest BCUT2D eigenvalue weighted by molar-refractivity contribution is -0.141. The molecule has 1 aliphatic rings. The van der Waals surface area contributed by atoms with E-state index < -0.39 is 24.1 Å². The van der Waals surface area contributed by atoms with Crippen molar-refractivity contribution in [1.82, 2.24) is 9.97 Å². The fourth-order valence-electron chi connectivity index (χ4n) is 1.59. The van der Waals surface area contributed by atoms with Crippen LogP contribution >= 0.6 is 0 Å². The van der Waals surface area contributed by atoms with Crippen molar-refractivity contribution < 1.29 is 23.4 Å². The van der Waals surface area contributed by atoms with E-state index in [-0.39, 0.29) is 19.0 Å². The number of aromatic nitrogens is 2. The molecule has 0 bridgehead atoms. The first-order valence-electron chi connectivity index (χ1n) is 4.89. The molecule has 2 N–H and O–H groups in total. The van der Waals surface area contributed by atoms with Gasteiger partial charge in [-0.2, -0.15) is 13.2 Å². The molecule has 2 heterocycles. The molecule has 0 aromatic carbocycles. The van der Waals surface area contributed by atoms with E-state index in [2.05, 4.69) is 9.97 Å². The van der Waals surface area contributed by atoms with Crippen LogP contribution in [0.2, 0.25) is 0 Å². The van der Waals surface area contributed by atoms with Crippen LogP contribution in [0.15, 0.2) is 12.3 Å². The van der Waals surface area contributed by atoms with Crippen molar-refractivity contribution in [2.75, 3.05) is 18.0 Å². The van der Waals surface area contributed by atoms with Gasteiger partial charge in [0.15, 0.2) is 0 Å². The first-order valence-corrected chi connectivity index (χ1v) is 4.89. The third-order valence-electron chi connectivity index (χ3n) is 2.48. The van der Waals surface area contributed by atoms with Gasteiger partial charge in [0.2, 0.25) is 5.95 Å². The first kappa shape index (κ1) is 12.1. The van der Waals surface area contributed by atoms with Crippen molar-refractivity contribution in [3.05, 3.63) is 18.0 Å². The largest absolute Gasteiger partial charge is 0.433 e. The molecule has 94 valence electrons. The number of hydrogen-bond acceptors (Lipinski definition) is 5. The van der Waals surface area contributed by atoms with Crippen LogP contribution in [0.5, 0.6) is 0 Å². The molecule has 5 nitrogen and oxygen atoms in total. The molecule has 1 aromatic heterocycles. The Hall–Kier alpha value is -1.41. The molecule has 1 saturated heterocycles. The van der Waals surface area contributed by atoms with Gasteiger partial charge < -0.3 is 15.1 Å². The van der Waals surface area contributed by atoms with Crippen molar-refractivity contribution in [3.63, 3.8) is 0 Å². The molecule has 0 spiro atoms. The Labute approximate surface area is 94.5 Å². The van der Waals surface area contributed by atoms with Gasteiger partial charge in [-0.1, -0.05) is 0 Å². The molecule has 1 fully saturated rings. The Morgan fingerprint density at radius 3 is 2.35 bits per heavy atom. The van der Waals surface area contributed by atoms with Gasteiger partial charge in [0, 0.05) is 19.3 Å². The highest BCUT2D eigenvalue weighted by Gasteiger charge is 2.35. The molecule has 0 radical (unpaired) electrons. The predicted molar refractivity (Wildman–Crippen MR) is 51.3 cm³/mol. The summed E-state index contributed by atoms with van der Waals surface area (Å²) in [6.45, 7) is 0.0327. The smallest absolute Gasteiger partial charge is 0.388 e. The highest BCUT2D eigenvalue weighted by atomic mass is 19.4. The molecule has 0 amide bonds. The van der Waals surface area contributed by atoms with E-state index in [0.29, 0.717) is 0 Å². The van der Waals surface area contributed by atoms with E-state index >= 15 is 0 Å². The average Bonchev–Trinajstić information content (AvgIpc) is 2.58. The fraction of sp³-hybridized carbons (Fsp3) is 0.556. The van der Waals surface area contributed by atoms with Gasteiger partial charge in [-0.15, -0.1) is 0 Å². The first-order chi connectivity index (χ1) is 7.88. The van der Waals surface area contributed by atoms with E-state index in [4.69, 9.17) is 0 Å². The number of aliphatic hydroxyl groups is 2. The maximum absolute atomic E-state index is 12.4. The van der Waals surface area contributed by atoms with Crippen LogP contribution in [-0.2, 0) is 6.18 Å². The molecule has 1 aromatic rings. The van der Waals surface area contributed by atoms with Crippen molar-refractivity contribution in [3.8, 4) is 0 Å². The van der Waals surface area contributed by atoms with Gasteiger partial charge in [-0.05, 0) is 6.07 Å². The van der Waals surface area contributed by atoms with E-state index in [1.807, 2.05) is 0 Å². The van der Waals surface area contributed by atoms with Crippen molar-refractivity contribution >= 4 is 5.95 Å². The van der Waals surface area contributed by atoms with Crippen molar-refractivity contribution in [1.29, 1.82) is 0 Å². The van der Waals surface area contributed by atoms with Crippen molar-refractivity contribution in [2.45, 2.75) is 18.4 Å².